The van der Waals surface area contributed by atoms with E-state index in [4.69, 9.17) is 5.11 Å². The van der Waals surface area contributed by atoms with Crippen molar-refractivity contribution in [3.05, 3.63) is 35.9 Å². The van der Waals surface area contributed by atoms with E-state index in [2.05, 4.69) is 17.4 Å². The number of rotatable bonds is 8. The zero-order valence-electron chi connectivity index (χ0n) is 9.80. The minimum absolute atomic E-state index is 0.0154. The van der Waals surface area contributed by atoms with Crippen LogP contribution in [0.1, 0.15) is 18.4 Å². The Morgan fingerprint density at radius 2 is 2.00 bits per heavy atom. The van der Waals surface area contributed by atoms with E-state index < -0.39 is 12.1 Å². The lowest BCUT2D eigenvalue weighted by molar-refractivity contribution is -0.137. The number of carboxylic acids is 1. The van der Waals surface area contributed by atoms with E-state index in [1.165, 1.54) is 5.56 Å². The van der Waals surface area contributed by atoms with Gasteiger partial charge in [0.05, 0.1) is 6.10 Å². The molecule has 0 saturated heterocycles. The average Bonchev–Trinajstić information content (AvgIpc) is 2.33. The summed E-state index contributed by atoms with van der Waals surface area (Å²) >= 11 is 0. The highest BCUT2D eigenvalue weighted by molar-refractivity contribution is 5.66. The highest BCUT2D eigenvalue weighted by atomic mass is 16.4. The number of hydrogen-bond acceptors (Lipinski definition) is 3. The summed E-state index contributed by atoms with van der Waals surface area (Å²) in [5.41, 5.74) is 1.25. The number of hydrogen-bond donors (Lipinski definition) is 3. The van der Waals surface area contributed by atoms with Crippen molar-refractivity contribution in [1.29, 1.82) is 0 Å². The van der Waals surface area contributed by atoms with Gasteiger partial charge in [0.1, 0.15) is 0 Å². The van der Waals surface area contributed by atoms with Crippen LogP contribution in [-0.2, 0) is 11.2 Å². The van der Waals surface area contributed by atoms with Gasteiger partial charge < -0.3 is 15.5 Å². The van der Waals surface area contributed by atoms with Crippen molar-refractivity contribution in [2.45, 2.75) is 25.4 Å². The van der Waals surface area contributed by atoms with Gasteiger partial charge in [-0.3, -0.25) is 4.79 Å². The Morgan fingerprint density at radius 1 is 1.29 bits per heavy atom. The molecule has 17 heavy (non-hydrogen) atoms. The third-order valence-electron chi connectivity index (χ3n) is 2.50. The normalized spacial score (nSPS) is 12.3. The summed E-state index contributed by atoms with van der Waals surface area (Å²) in [6.45, 7) is 1.23. The predicted molar refractivity (Wildman–Crippen MR) is 65.9 cm³/mol. The summed E-state index contributed by atoms with van der Waals surface area (Å²) in [7, 11) is 0. The van der Waals surface area contributed by atoms with Crippen molar-refractivity contribution < 1.29 is 15.0 Å². The lowest BCUT2D eigenvalue weighted by atomic mass is 10.1. The topological polar surface area (TPSA) is 69.6 Å². The van der Waals surface area contributed by atoms with Gasteiger partial charge in [-0.25, -0.2) is 0 Å². The van der Waals surface area contributed by atoms with Gasteiger partial charge >= 0.3 is 5.97 Å². The Morgan fingerprint density at radius 3 is 2.65 bits per heavy atom. The standard InChI is InChI=1S/C13H19NO3/c15-12(6-7-13(16)17)10-14-9-8-11-4-2-1-3-5-11/h1-5,12,14-15H,6-10H2,(H,16,17). The Bertz CT molecular complexity index is 327. The summed E-state index contributed by atoms with van der Waals surface area (Å²) in [6, 6.07) is 10.1. The lowest BCUT2D eigenvalue weighted by Gasteiger charge is -2.10. The fraction of sp³-hybridized carbons (Fsp3) is 0.462. The van der Waals surface area contributed by atoms with Gasteiger partial charge in [0.2, 0.25) is 0 Å². The molecule has 0 aliphatic rings. The summed E-state index contributed by atoms with van der Waals surface area (Å²) in [4.78, 5) is 10.3. The third-order valence-corrected chi connectivity index (χ3v) is 2.50. The summed E-state index contributed by atoms with van der Waals surface area (Å²) in [6.07, 6.45) is 0.642. The van der Waals surface area contributed by atoms with Crippen LogP contribution < -0.4 is 5.32 Å². The van der Waals surface area contributed by atoms with Crippen LogP contribution in [0, 0.1) is 0 Å². The number of carboxylic acid groups (broad SMARTS) is 1. The molecule has 3 N–H and O–H groups in total. The first-order chi connectivity index (χ1) is 8.18. The molecular formula is C13H19NO3. The zero-order valence-corrected chi connectivity index (χ0v) is 9.80. The van der Waals surface area contributed by atoms with Gasteiger partial charge in [-0.2, -0.15) is 0 Å². The van der Waals surface area contributed by atoms with E-state index in [0.717, 1.165) is 13.0 Å². The molecule has 0 bridgehead atoms. The van der Waals surface area contributed by atoms with Gasteiger partial charge in [-0.1, -0.05) is 30.3 Å². The van der Waals surface area contributed by atoms with E-state index in [-0.39, 0.29) is 6.42 Å². The van der Waals surface area contributed by atoms with Crippen LogP contribution in [0.4, 0.5) is 0 Å². The molecule has 0 fully saturated rings. The largest absolute Gasteiger partial charge is 0.481 e. The van der Waals surface area contributed by atoms with E-state index in [0.29, 0.717) is 13.0 Å². The van der Waals surface area contributed by atoms with Crippen molar-refractivity contribution in [3.63, 3.8) is 0 Å². The first-order valence-corrected chi connectivity index (χ1v) is 5.83. The smallest absolute Gasteiger partial charge is 0.303 e. The quantitative estimate of drug-likeness (QED) is 0.591. The zero-order chi connectivity index (χ0) is 12.5. The fourth-order valence-electron chi connectivity index (χ4n) is 1.54. The molecule has 0 aliphatic heterocycles. The van der Waals surface area contributed by atoms with Crippen LogP contribution in [0.5, 0.6) is 0 Å². The number of aliphatic hydroxyl groups is 1. The molecule has 0 radical (unpaired) electrons. The first kappa shape index (κ1) is 13.7. The number of aliphatic hydroxyl groups excluding tert-OH is 1. The van der Waals surface area contributed by atoms with Gasteiger partial charge in [0, 0.05) is 13.0 Å². The molecule has 1 atom stereocenters. The van der Waals surface area contributed by atoms with Crippen molar-refractivity contribution in [3.8, 4) is 0 Å². The molecule has 1 aromatic carbocycles. The summed E-state index contributed by atoms with van der Waals surface area (Å²) in [5, 5.41) is 21.0. The monoisotopic (exact) mass is 237 g/mol. The third kappa shape index (κ3) is 6.71. The Labute approximate surface area is 101 Å². The molecule has 0 heterocycles. The van der Waals surface area contributed by atoms with Crippen LogP contribution in [-0.4, -0.2) is 35.4 Å². The first-order valence-electron chi connectivity index (χ1n) is 5.83. The molecule has 0 amide bonds. The van der Waals surface area contributed by atoms with Gasteiger partial charge in [0.25, 0.3) is 0 Å². The minimum atomic E-state index is -0.867. The SMILES string of the molecule is O=C(O)CCC(O)CNCCc1ccccc1. The number of carbonyl (C=O) groups is 1. The average molecular weight is 237 g/mol. The van der Waals surface area contributed by atoms with E-state index in [1.807, 2.05) is 18.2 Å². The second-order valence-corrected chi connectivity index (χ2v) is 4.03. The summed E-state index contributed by atoms with van der Waals surface area (Å²) in [5.74, 6) is -0.867. The van der Waals surface area contributed by atoms with Gasteiger partial charge in [-0.15, -0.1) is 0 Å². The molecule has 0 aromatic heterocycles. The molecule has 0 aliphatic carbocycles. The van der Waals surface area contributed by atoms with E-state index in [1.54, 1.807) is 0 Å². The molecular weight excluding hydrogens is 218 g/mol. The molecule has 0 saturated carbocycles. The molecule has 1 rings (SSSR count). The Hall–Kier alpha value is -1.39. The Balaban J connectivity index is 2.06. The van der Waals surface area contributed by atoms with Crippen LogP contribution in [0.3, 0.4) is 0 Å². The van der Waals surface area contributed by atoms with Crippen molar-refractivity contribution in [1.82, 2.24) is 5.32 Å². The highest BCUT2D eigenvalue weighted by Gasteiger charge is 2.06. The molecule has 4 heteroatoms. The maximum Gasteiger partial charge on any atom is 0.303 e. The molecule has 1 unspecified atom stereocenters. The van der Waals surface area contributed by atoms with Crippen molar-refractivity contribution in [2.24, 2.45) is 0 Å². The van der Waals surface area contributed by atoms with Crippen molar-refractivity contribution >= 4 is 5.97 Å². The lowest BCUT2D eigenvalue weighted by Crippen LogP contribution is -2.28. The van der Waals surface area contributed by atoms with Gasteiger partial charge in [-0.05, 0) is 24.9 Å². The minimum Gasteiger partial charge on any atom is -0.481 e. The molecule has 4 nitrogen and oxygen atoms in total. The van der Waals surface area contributed by atoms with Crippen LogP contribution in [0.25, 0.3) is 0 Å². The van der Waals surface area contributed by atoms with Crippen molar-refractivity contribution in [2.75, 3.05) is 13.1 Å². The summed E-state index contributed by atoms with van der Waals surface area (Å²) < 4.78 is 0. The Kier molecular flexibility index (Phi) is 6.29. The van der Waals surface area contributed by atoms with Crippen LogP contribution in [0.2, 0.25) is 0 Å². The number of aliphatic carboxylic acids is 1. The molecule has 1 aromatic rings. The van der Waals surface area contributed by atoms with E-state index in [9.17, 15) is 9.90 Å². The number of nitrogens with one attached hydrogen (secondary N) is 1. The van der Waals surface area contributed by atoms with E-state index >= 15 is 0 Å². The number of benzene rings is 1. The van der Waals surface area contributed by atoms with Gasteiger partial charge in [0.15, 0.2) is 0 Å². The predicted octanol–water partition coefficient (Wildman–Crippen LogP) is 1.04. The van der Waals surface area contributed by atoms with Crippen LogP contribution in [0.15, 0.2) is 30.3 Å². The molecule has 0 spiro atoms. The molecule has 94 valence electrons. The maximum absolute atomic E-state index is 10.3. The second kappa shape index (κ2) is 7.81. The maximum atomic E-state index is 10.3. The highest BCUT2D eigenvalue weighted by Crippen LogP contribution is 1.99. The second-order valence-electron chi connectivity index (χ2n) is 4.03. The fourth-order valence-corrected chi connectivity index (χ4v) is 1.54. The van der Waals surface area contributed by atoms with Crippen LogP contribution >= 0.6 is 0 Å².